The number of benzene rings is 4. The largest absolute Gasteiger partial charge is 0.507 e. The summed E-state index contributed by atoms with van der Waals surface area (Å²) in [7, 11) is 0. The van der Waals surface area contributed by atoms with Gasteiger partial charge in [-0.25, -0.2) is 4.99 Å². The fraction of sp³-hybridized carbons (Fsp3) is 0. The van der Waals surface area contributed by atoms with E-state index in [1.807, 2.05) is 109 Å². The summed E-state index contributed by atoms with van der Waals surface area (Å²) >= 11 is 0. The summed E-state index contributed by atoms with van der Waals surface area (Å²) in [5.74, 6) is 0.238. The molecule has 0 aliphatic rings. The van der Waals surface area contributed by atoms with Gasteiger partial charge in [-0.2, -0.15) is 0 Å². The Kier molecular flexibility index (Phi) is 4.80. The van der Waals surface area contributed by atoms with E-state index >= 15 is 0 Å². The average Bonchev–Trinajstić information content (AvgIpc) is 2.74. The number of hydrogen-bond acceptors (Lipinski definition) is 2. The second kappa shape index (κ2) is 7.71. The quantitative estimate of drug-likeness (QED) is 0.435. The lowest BCUT2D eigenvalue weighted by Crippen LogP contribution is -2.04. The van der Waals surface area contributed by atoms with Gasteiger partial charge >= 0.3 is 0 Å². The Bertz CT molecular complexity index is 1060. The SMILES string of the molecule is Oc1c(C(=Nc2ccccc2)c2ccccc2)cccc1-c1ccccc1. The molecule has 2 heteroatoms. The van der Waals surface area contributed by atoms with E-state index in [9.17, 15) is 5.11 Å². The Balaban J connectivity index is 1.90. The normalized spacial score (nSPS) is 11.3. The van der Waals surface area contributed by atoms with Crippen molar-refractivity contribution in [3.05, 3.63) is 120 Å². The third-order valence-corrected chi connectivity index (χ3v) is 4.42. The molecule has 0 saturated carbocycles. The van der Waals surface area contributed by atoms with Crippen LogP contribution in [0.15, 0.2) is 114 Å². The van der Waals surface area contributed by atoms with Crippen molar-refractivity contribution in [3.63, 3.8) is 0 Å². The first kappa shape index (κ1) is 16.8. The Morgan fingerprint density at radius 1 is 0.593 bits per heavy atom. The molecule has 0 bridgehead atoms. The van der Waals surface area contributed by atoms with Crippen LogP contribution in [-0.2, 0) is 0 Å². The van der Waals surface area contributed by atoms with Gasteiger partial charge in [0.1, 0.15) is 5.75 Å². The summed E-state index contributed by atoms with van der Waals surface area (Å²) < 4.78 is 0. The van der Waals surface area contributed by atoms with Gasteiger partial charge in [-0.1, -0.05) is 91.0 Å². The van der Waals surface area contributed by atoms with Gasteiger partial charge in [0.15, 0.2) is 0 Å². The monoisotopic (exact) mass is 349 g/mol. The first-order valence-corrected chi connectivity index (χ1v) is 8.90. The standard InChI is InChI=1S/C25H19NO/c27-25-22(19-11-4-1-5-12-19)17-10-18-23(25)24(20-13-6-2-7-14-20)26-21-15-8-3-9-16-21/h1-18,27H. The molecule has 0 radical (unpaired) electrons. The summed E-state index contributed by atoms with van der Waals surface area (Å²) in [6.07, 6.45) is 0. The smallest absolute Gasteiger partial charge is 0.132 e. The van der Waals surface area contributed by atoms with Crippen molar-refractivity contribution in [1.29, 1.82) is 0 Å². The predicted octanol–water partition coefficient (Wildman–Crippen LogP) is 6.23. The van der Waals surface area contributed by atoms with Crippen LogP contribution in [0.4, 0.5) is 5.69 Å². The number of nitrogens with zero attached hydrogens (tertiary/aromatic N) is 1. The highest BCUT2D eigenvalue weighted by atomic mass is 16.3. The number of rotatable bonds is 4. The zero-order chi connectivity index (χ0) is 18.5. The number of aromatic hydroxyl groups is 1. The summed E-state index contributed by atoms with van der Waals surface area (Å²) in [6, 6.07) is 35.5. The number of phenols is 1. The van der Waals surface area contributed by atoms with Gasteiger partial charge in [-0.15, -0.1) is 0 Å². The average molecular weight is 349 g/mol. The van der Waals surface area contributed by atoms with Crippen molar-refractivity contribution in [2.45, 2.75) is 0 Å². The van der Waals surface area contributed by atoms with Crippen LogP contribution >= 0.6 is 0 Å². The predicted molar refractivity (Wildman–Crippen MR) is 112 cm³/mol. The molecule has 0 aliphatic heterocycles. The van der Waals surface area contributed by atoms with Crippen LogP contribution < -0.4 is 0 Å². The van der Waals surface area contributed by atoms with Gasteiger partial charge in [0.05, 0.1) is 11.4 Å². The van der Waals surface area contributed by atoms with E-state index in [4.69, 9.17) is 4.99 Å². The minimum Gasteiger partial charge on any atom is -0.507 e. The van der Waals surface area contributed by atoms with E-state index < -0.39 is 0 Å². The highest BCUT2D eigenvalue weighted by Crippen LogP contribution is 2.34. The van der Waals surface area contributed by atoms with Gasteiger partial charge in [-0.05, 0) is 23.8 Å². The van der Waals surface area contributed by atoms with Gasteiger partial charge < -0.3 is 5.11 Å². The first-order chi connectivity index (χ1) is 13.3. The first-order valence-electron chi connectivity index (χ1n) is 8.90. The maximum absolute atomic E-state index is 11.1. The third kappa shape index (κ3) is 3.65. The molecular formula is C25H19NO. The molecule has 0 saturated heterocycles. The number of para-hydroxylation sites is 2. The molecule has 0 aromatic heterocycles. The molecule has 0 aliphatic carbocycles. The highest BCUT2D eigenvalue weighted by molar-refractivity contribution is 6.16. The maximum atomic E-state index is 11.1. The van der Waals surface area contributed by atoms with Gasteiger partial charge in [0.25, 0.3) is 0 Å². The van der Waals surface area contributed by atoms with E-state index in [0.29, 0.717) is 5.56 Å². The molecular weight excluding hydrogens is 330 g/mol. The molecule has 0 fully saturated rings. The zero-order valence-corrected chi connectivity index (χ0v) is 14.8. The molecule has 0 amide bonds. The Labute approximate surface area is 159 Å². The molecule has 2 nitrogen and oxygen atoms in total. The minimum absolute atomic E-state index is 0.238. The van der Waals surface area contributed by atoms with Crippen molar-refractivity contribution in [1.82, 2.24) is 0 Å². The van der Waals surface area contributed by atoms with Crippen LogP contribution in [0, 0.1) is 0 Å². The van der Waals surface area contributed by atoms with Crippen molar-refractivity contribution in [2.75, 3.05) is 0 Å². The van der Waals surface area contributed by atoms with Crippen LogP contribution in [0.25, 0.3) is 11.1 Å². The molecule has 4 aromatic carbocycles. The van der Waals surface area contributed by atoms with Crippen molar-refractivity contribution in [3.8, 4) is 16.9 Å². The van der Waals surface area contributed by atoms with Crippen LogP contribution in [0.5, 0.6) is 5.75 Å². The highest BCUT2D eigenvalue weighted by Gasteiger charge is 2.15. The van der Waals surface area contributed by atoms with E-state index in [0.717, 1.165) is 28.1 Å². The summed E-state index contributed by atoms with van der Waals surface area (Å²) in [6.45, 7) is 0. The number of aliphatic imine (C=N–C) groups is 1. The molecule has 0 heterocycles. The molecule has 1 N–H and O–H groups in total. The van der Waals surface area contributed by atoms with Crippen LogP contribution in [0.1, 0.15) is 11.1 Å². The van der Waals surface area contributed by atoms with Gasteiger partial charge in [-0.3, -0.25) is 0 Å². The number of phenolic OH excluding ortho intramolecular Hbond substituents is 1. The number of hydrogen-bond donors (Lipinski definition) is 1. The molecule has 4 rings (SSSR count). The van der Waals surface area contributed by atoms with E-state index in [2.05, 4.69) is 0 Å². The minimum atomic E-state index is 0.238. The Morgan fingerprint density at radius 2 is 1.19 bits per heavy atom. The topological polar surface area (TPSA) is 32.6 Å². The van der Waals surface area contributed by atoms with Gasteiger partial charge in [0.2, 0.25) is 0 Å². The second-order valence-corrected chi connectivity index (χ2v) is 6.23. The second-order valence-electron chi connectivity index (χ2n) is 6.23. The molecule has 27 heavy (non-hydrogen) atoms. The van der Waals surface area contributed by atoms with E-state index in [1.165, 1.54) is 0 Å². The van der Waals surface area contributed by atoms with Gasteiger partial charge in [0, 0.05) is 16.7 Å². The van der Waals surface area contributed by atoms with Crippen molar-refractivity contribution in [2.24, 2.45) is 4.99 Å². The van der Waals surface area contributed by atoms with Crippen molar-refractivity contribution >= 4 is 11.4 Å². The van der Waals surface area contributed by atoms with Crippen LogP contribution in [-0.4, -0.2) is 10.8 Å². The lowest BCUT2D eigenvalue weighted by molar-refractivity contribution is 0.476. The Hall–Kier alpha value is -3.65. The van der Waals surface area contributed by atoms with Crippen molar-refractivity contribution < 1.29 is 5.11 Å². The van der Waals surface area contributed by atoms with Crippen LogP contribution in [0.2, 0.25) is 0 Å². The summed E-state index contributed by atoms with van der Waals surface area (Å²) in [5, 5.41) is 11.1. The summed E-state index contributed by atoms with van der Waals surface area (Å²) in [5.41, 5.74) is 5.04. The van der Waals surface area contributed by atoms with E-state index in [1.54, 1.807) is 0 Å². The fourth-order valence-corrected chi connectivity index (χ4v) is 3.09. The molecule has 0 spiro atoms. The lowest BCUT2D eigenvalue weighted by Gasteiger charge is -2.13. The molecule has 0 unspecified atom stereocenters. The van der Waals surface area contributed by atoms with Crippen LogP contribution in [0.3, 0.4) is 0 Å². The fourth-order valence-electron chi connectivity index (χ4n) is 3.09. The Morgan fingerprint density at radius 3 is 1.85 bits per heavy atom. The molecule has 130 valence electrons. The summed E-state index contributed by atoms with van der Waals surface area (Å²) in [4.78, 5) is 4.85. The van der Waals surface area contributed by atoms with E-state index in [-0.39, 0.29) is 5.75 Å². The molecule has 4 aromatic rings. The maximum Gasteiger partial charge on any atom is 0.132 e. The zero-order valence-electron chi connectivity index (χ0n) is 14.8. The lowest BCUT2D eigenvalue weighted by atomic mass is 9.96. The third-order valence-electron chi connectivity index (χ3n) is 4.42. The molecule has 0 atom stereocenters.